The molecule has 2 bridgehead atoms. The van der Waals surface area contributed by atoms with Gasteiger partial charge in [-0.25, -0.2) is 0 Å². The van der Waals surface area contributed by atoms with Crippen LogP contribution in [0.2, 0.25) is 0 Å². The number of hydrogen-bond acceptors (Lipinski definition) is 5. The van der Waals surface area contributed by atoms with Crippen LogP contribution in [-0.2, 0) is 0 Å². The van der Waals surface area contributed by atoms with Crippen LogP contribution in [0.3, 0.4) is 0 Å². The van der Waals surface area contributed by atoms with Gasteiger partial charge < -0.3 is 9.84 Å². The molecule has 4 heterocycles. The lowest BCUT2D eigenvalue weighted by Gasteiger charge is -2.51. The quantitative estimate of drug-likeness (QED) is 0.444. The van der Waals surface area contributed by atoms with Gasteiger partial charge in [-0.3, -0.25) is 14.9 Å². The first-order valence-electron chi connectivity index (χ1n) is 11.3. The number of fused-ring (bicyclic) bond motifs is 4. The van der Waals surface area contributed by atoms with Crippen LogP contribution in [0, 0.1) is 11.8 Å². The number of ether oxygens (including phenoxy) is 1. The van der Waals surface area contributed by atoms with Crippen molar-refractivity contribution in [3.63, 3.8) is 0 Å². The number of benzene rings is 2. The number of pyridine rings is 1. The third-order valence-corrected chi connectivity index (χ3v) is 7.13. The molecule has 6 rings (SSSR count). The van der Waals surface area contributed by atoms with Crippen molar-refractivity contribution in [2.45, 2.75) is 24.9 Å². The Morgan fingerprint density at radius 3 is 2.88 bits per heavy atom. The van der Waals surface area contributed by atoms with Crippen LogP contribution >= 0.6 is 0 Å². The van der Waals surface area contributed by atoms with Crippen molar-refractivity contribution in [1.29, 1.82) is 0 Å². The van der Waals surface area contributed by atoms with Gasteiger partial charge in [0.1, 0.15) is 11.5 Å². The summed E-state index contributed by atoms with van der Waals surface area (Å²) >= 11 is 0. The Bertz CT molecular complexity index is 1160. The van der Waals surface area contributed by atoms with Crippen LogP contribution in [0.15, 0.2) is 72.4 Å². The first kappa shape index (κ1) is 20.7. The van der Waals surface area contributed by atoms with Crippen LogP contribution in [0.4, 0.5) is 0 Å². The van der Waals surface area contributed by atoms with Gasteiger partial charge in [0.05, 0.1) is 18.7 Å². The number of phenols is 1. The van der Waals surface area contributed by atoms with E-state index in [0.717, 1.165) is 47.3 Å². The molecule has 3 aliphatic heterocycles. The highest BCUT2D eigenvalue weighted by Crippen LogP contribution is 2.43. The van der Waals surface area contributed by atoms with Crippen molar-refractivity contribution >= 4 is 17.1 Å². The van der Waals surface area contributed by atoms with E-state index in [1.807, 2.05) is 42.7 Å². The minimum Gasteiger partial charge on any atom is -0.507 e. The molecule has 5 nitrogen and oxygen atoms in total. The molecule has 1 unspecified atom stereocenters. The maximum atomic E-state index is 10.3. The Hall–Kier alpha value is -3.18. The lowest BCUT2D eigenvalue weighted by atomic mass is 9.73. The molecular weight excluding hydrogens is 398 g/mol. The summed E-state index contributed by atoms with van der Waals surface area (Å²) in [5.41, 5.74) is 2.81. The van der Waals surface area contributed by atoms with Crippen molar-refractivity contribution in [2.75, 3.05) is 20.2 Å². The third kappa shape index (κ3) is 3.78. The zero-order chi connectivity index (χ0) is 22.1. The molecule has 3 fully saturated rings. The standard InChI is InChI=1S/C27H29N3O2/c1-3-18-17-30-13-11-19(18)14-25(30)27(29-16-20-6-4-5-7-26(20)31)22-10-12-28-24-9-8-21(32-2)15-23(22)24/h3-10,12,15-16,18-19,25,27,31H,1,11,13-14,17H2,2H3/t18-,19-,25-,27-/m0/s1. The summed E-state index contributed by atoms with van der Waals surface area (Å²) in [6.45, 7) is 6.20. The minimum absolute atomic E-state index is 0.0687. The number of aromatic hydroxyl groups is 1. The molecule has 1 aromatic heterocycles. The van der Waals surface area contributed by atoms with E-state index in [1.54, 1.807) is 13.2 Å². The van der Waals surface area contributed by atoms with E-state index < -0.39 is 0 Å². The molecule has 3 aromatic rings. The van der Waals surface area contributed by atoms with E-state index in [4.69, 9.17) is 9.73 Å². The lowest BCUT2D eigenvalue weighted by molar-refractivity contribution is 0.00796. The number of phenolic OH excluding ortho intramolecular Hbond substituents is 1. The van der Waals surface area contributed by atoms with Gasteiger partial charge in [0.25, 0.3) is 0 Å². The first-order chi connectivity index (χ1) is 15.7. The Balaban J connectivity index is 1.60. The van der Waals surface area contributed by atoms with Crippen LogP contribution in [0.25, 0.3) is 10.9 Å². The molecule has 32 heavy (non-hydrogen) atoms. The summed E-state index contributed by atoms with van der Waals surface area (Å²) in [7, 11) is 1.69. The van der Waals surface area contributed by atoms with Gasteiger partial charge in [0.2, 0.25) is 0 Å². The van der Waals surface area contributed by atoms with Gasteiger partial charge in [-0.1, -0.05) is 18.2 Å². The average molecular weight is 428 g/mol. The van der Waals surface area contributed by atoms with Crippen LogP contribution in [-0.4, -0.2) is 47.4 Å². The molecule has 0 amide bonds. The van der Waals surface area contributed by atoms with E-state index in [2.05, 4.69) is 34.7 Å². The van der Waals surface area contributed by atoms with Gasteiger partial charge in [0.15, 0.2) is 0 Å². The number of hydrogen-bond donors (Lipinski definition) is 1. The van der Waals surface area contributed by atoms with Crippen molar-refractivity contribution in [3.8, 4) is 11.5 Å². The minimum atomic E-state index is -0.0687. The number of piperidine rings is 3. The second-order valence-corrected chi connectivity index (χ2v) is 8.81. The molecule has 3 saturated heterocycles. The second kappa shape index (κ2) is 8.75. The largest absolute Gasteiger partial charge is 0.507 e. The maximum absolute atomic E-state index is 10.3. The molecule has 5 heteroatoms. The number of nitrogens with zero attached hydrogens (tertiary/aromatic N) is 3. The highest BCUT2D eigenvalue weighted by molar-refractivity contribution is 5.86. The molecular formula is C27H29N3O2. The van der Waals surface area contributed by atoms with Gasteiger partial charge in [0, 0.05) is 35.9 Å². The number of aliphatic imine (C=N–C) groups is 1. The summed E-state index contributed by atoms with van der Waals surface area (Å²) in [6.07, 6.45) is 8.12. The first-order valence-corrected chi connectivity index (χ1v) is 11.3. The van der Waals surface area contributed by atoms with Crippen LogP contribution in [0.5, 0.6) is 11.5 Å². The molecule has 0 aliphatic carbocycles. The highest BCUT2D eigenvalue weighted by Gasteiger charge is 2.42. The molecule has 2 aromatic carbocycles. The molecule has 1 N–H and O–H groups in total. The van der Waals surface area contributed by atoms with Crippen molar-refractivity contribution in [2.24, 2.45) is 16.8 Å². The van der Waals surface area contributed by atoms with Gasteiger partial charge >= 0.3 is 0 Å². The molecule has 164 valence electrons. The predicted octanol–water partition coefficient (Wildman–Crippen LogP) is 5.01. The fraction of sp³-hybridized carbons (Fsp3) is 0.333. The average Bonchev–Trinajstić information content (AvgIpc) is 2.85. The van der Waals surface area contributed by atoms with Crippen molar-refractivity contribution < 1.29 is 9.84 Å². The predicted molar refractivity (Wildman–Crippen MR) is 129 cm³/mol. The number of methoxy groups -OCH3 is 1. The van der Waals surface area contributed by atoms with E-state index in [1.165, 1.54) is 6.42 Å². The van der Waals surface area contributed by atoms with Crippen molar-refractivity contribution in [3.05, 3.63) is 78.5 Å². The monoisotopic (exact) mass is 427 g/mol. The maximum Gasteiger partial charge on any atom is 0.124 e. The molecule has 0 spiro atoms. The number of para-hydroxylation sites is 1. The third-order valence-electron chi connectivity index (χ3n) is 7.13. The van der Waals surface area contributed by atoms with Crippen LogP contribution < -0.4 is 4.74 Å². The summed E-state index contributed by atoms with van der Waals surface area (Å²) in [6, 6.07) is 15.7. The molecule has 0 saturated carbocycles. The Labute approximate surface area is 189 Å². The summed E-state index contributed by atoms with van der Waals surface area (Å²) in [5, 5.41) is 11.3. The smallest absolute Gasteiger partial charge is 0.124 e. The van der Waals surface area contributed by atoms with Gasteiger partial charge in [-0.15, -0.1) is 6.58 Å². The number of aromatic nitrogens is 1. The van der Waals surface area contributed by atoms with Crippen molar-refractivity contribution in [1.82, 2.24) is 9.88 Å². The second-order valence-electron chi connectivity index (χ2n) is 8.81. The Kier molecular flexibility index (Phi) is 5.66. The zero-order valence-corrected chi connectivity index (χ0v) is 18.4. The van der Waals surface area contributed by atoms with E-state index in [0.29, 0.717) is 17.9 Å². The van der Waals surface area contributed by atoms with E-state index in [9.17, 15) is 5.11 Å². The van der Waals surface area contributed by atoms with Gasteiger partial charge in [-0.2, -0.15) is 0 Å². The Morgan fingerprint density at radius 1 is 1.25 bits per heavy atom. The van der Waals surface area contributed by atoms with E-state index in [-0.39, 0.29) is 11.8 Å². The molecule has 3 aliphatic rings. The number of rotatable bonds is 6. The Morgan fingerprint density at radius 2 is 2.12 bits per heavy atom. The zero-order valence-electron chi connectivity index (χ0n) is 18.4. The normalized spacial score (nSPS) is 25.8. The topological polar surface area (TPSA) is 58.0 Å². The molecule has 0 radical (unpaired) electrons. The lowest BCUT2D eigenvalue weighted by Crippen LogP contribution is -2.54. The summed E-state index contributed by atoms with van der Waals surface area (Å²) < 4.78 is 5.50. The van der Waals surface area contributed by atoms with Gasteiger partial charge in [-0.05, 0) is 73.2 Å². The van der Waals surface area contributed by atoms with Crippen LogP contribution in [0.1, 0.15) is 30.0 Å². The fourth-order valence-corrected chi connectivity index (χ4v) is 5.38. The fourth-order valence-electron chi connectivity index (χ4n) is 5.38. The SMILES string of the molecule is C=C[C@H]1CN2CC[C@H]1C[C@H]2[C@@H](N=Cc1ccccc1O)c1ccnc2ccc(OC)cc12. The van der Waals surface area contributed by atoms with E-state index >= 15 is 0 Å². The molecule has 5 atom stereocenters. The summed E-state index contributed by atoms with van der Waals surface area (Å²) in [5.74, 6) is 2.26. The highest BCUT2D eigenvalue weighted by atomic mass is 16.5. The summed E-state index contributed by atoms with van der Waals surface area (Å²) in [4.78, 5) is 12.3.